The molecule has 0 bridgehead atoms. The molecule has 1 fully saturated rings. The van der Waals surface area contributed by atoms with Gasteiger partial charge in [0, 0.05) is 0 Å². The number of carboxylic acid groups (broad SMARTS) is 1. The Kier molecular flexibility index (Phi) is 5.29. The van der Waals surface area contributed by atoms with Gasteiger partial charge in [-0.25, -0.2) is 0 Å². The molecule has 1 amide bonds. The maximum atomic E-state index is 12.2. The summed E-state index contributed by atoms with van der Waals surface area (Å²) in [4.78, 5) is 24.3. The quantitative estimate of drug-likeness (QED) is 0.413. The summed E-state index contributed by atoms with van der Waals surface area (Å²) >= 11 is 8.01. The minimum absolute atomic E-state index is 0.0266. The van der Waals surface area contributed by atoms with Gasteiger partial charge in [0.2, 0.25) is 0 Å². The first-order chi connectivity index (χ1) is 10.3. The summed E-state index contributed by atoms with van der Waals surface area (Å²) in [6.07, 6.45) is 1.59. The Morgan fingerprint density at radius 3 is 2.82 bits per heavy atom. The maximum Gasteiger partial charge on any atom is 0.323 e. The number of hydrogen-bond donors (Lipinski definition) is 2. The number of aliphatic carboxylic acids is 1. The largest absolute Gasteiger partial charge is 0.504 e. The Morgan fingerprint density at radius 2 is 2.23 bits per heavy atom. The fourth-order valence-electron chi connectivity index (χ4n) is 1.76. The van der Waals surface area contributed by atoms with Crippen molar-refractivity contribution in [3.63, 3.8) is 0 Å². The van der Waals surface area contributed by atoms with Crippen molar-refractivity contribution in [3.05, 3.63) is 26.2 Å². The molecule has 2 rings (SSSR count). The highest BCUT2D eigenvalue weighted by atomic mass is 127. The third-order valence-electron chi connectivity index (χ3n) is 2.74. The van der Waals surface area contributed by atoms with Crippen LogP contribution in [0.5, 0.6) is 11.5 Å². The van der Waals surface area contributed by atoms with Gasteiger partial charge in [-0.2, -0.15) is 0 Å². The molecule has 0 aliphatic carbocycles. The van der Waals surface area contributed by atoms with Crippen LogP contribution in [0, 0.1) is 3.57 Å². The number of methoxy groups -OCH3 is 1. The van der Waals surface area contributed by atoms with E-state index in [4.69, 9.17) is 22.1 Å². The van der Waals surface area contributed by atoms with Gasteiger partial charge < -0.3 is 14.9 Å². The number of phenolic OH excluding ortho intramolecular Hbond substituents is 1. The molecule has 22 heavy (non-hydrogen) atoms. The number of aromatic hydroxyl groups is 1. The molecule has 1 aliphatic rings. The SMILES string of the molecule is COc1cc(C=C2SC(=S)N(CC(=O)O)C2=O)cc(I)c1O. The van der Waals surface area contributed by atoms with Gasteiger partial charge in [0.15, 0.2) is 11.5 Å². The van der Waals surface area contributed by atoms with E-state index >= 15 is 0 Å². The second-order valence-electron chi connectivity index (χ2n) is 4.22. The number of hydrogen-bond acceptors (Lipinski definition) is 6. The van der Waals surface area contributed by atoms with Crippen LogP contribution in [0.4, 0.5) is 0 Å². The Morgan fingerprint density at radius 1 is 1.55 bits per heavy atom. The lowest BCUT2D eigenvalue weighted by molar-refractivity contribution is -0.140. The first kappa shape index (κ1) is 17.0. The summed E-state index contributed by atoms with van der Waals surface area (Å²) in [6.45, 7) is -0.460. The zero-order chi connectivity index (χ0) is 16.4. The van der Waals surface area contributed by atoms with Crippen LogP contribution in [0.25, 0.3) is 6.08 Å². The standard InChI is InChI=1S/C13H10INO5S2/c1-20-8-3-6(2-7(14)11(8)18)4-9-12(19)15(5-10(16)17)13(21)22-9/h2-4,18H,5H2,1H3,(H,16,17). The van der Waals surface area contributed by atoms with E-state index in [0.717, 1.165) is 16.7 Å². The third kappa shape index (κ3) is 3.52. The first-order valence-corrected chi connectivity index (χ1v) is 8.17. The lowest BCUT2D eigenvalue weighted by atomic mass is 10.2. The molecule has 116 valence electrons. The lowest BCUT2D eigenvalue weighted by Gasteiger charge is -2.10. The molecule has 0 atom stereocenters. The van der Waals surface area contributed by atoms with Crippen LogP contribution in [-0.2, 0) is 9.59 Å². The predicted molar refractivity (Wildman–Crippen MR) is 94.9 cm³/mol. The van der Waals surface area contributed by atoms with Crippen LogP contribution in [0.3, 0.4) is 0 Å². The highest BCUT2D eigenvalue weighted by Gasteiger charge is 2.33. The van der Waals surface area contributed by atoms with E-state index in [2.05, 4.69) is 0 Å². The van der Waals surface area contributed by atoms with Crippen molar-refractivity contribution >= 4 is 68.8 Å². The minimum atomic E-state index is -1.13. The molecule has 1 saturated heterocycles. The van der Waals surface area contributed by atoms with E-state index in [1.807, 2.05) is 22.6 Å². The zero-order valence-corrected chi connectivity index (χ0v) is 15.0. The van der Waals surface area contributed by atoms with Gasteiger partial charge in [-0.05, 0) is 46.4 Å². The lowest BCUT2D eigenvalue weighted by Crippen LogP contribution is -2.33. The molecular weight excluding hydrogens is 441 g/mol. The Hall–Kier alpha value is -1.33. The van der Waals surface area contributed by atoms with Crippen LogP contribution >= 0.6 is 46.6 Å². The second-order valence-corrected chi connectivity index (χ2v) is 7.05. The van der Waals surface area contributed by atoms with Crippen LogP contribution < -0.4 is 4.74 Å². The van der Waals surface area contributed by atoms with E-state index < -0.39 is 18.4 Å². The number of carbonyl (C=O) groups excluding carboxylic acids is 1. The number of carbonyl (C=O) groups is 2. The fraction of sp³-hybridized carbons (Fsp3) is 0.154. The highest BCUT2D eigenvalue weighted by Crippen LogP contribution is 2.36. The van der Waals surface area contributed by atoms with Crippen molar-refractivity contribution in [2.45, 2.75) is 0 Å². The van der Waals surface area contributed by atoms with E-state index in [1.54, 1.807) is 18.2 Å². The van der Waals surface area contributed by atoms with Crippen molar-refractivity contribution in [1.29, 1.82) is 0 Å². The van der Waals surface area contributed by atoms with Crippen LogP contribution in [0.15, 0.2) is 17.0 Å². The maximum absolute atomic E-state index is 12.2. The molecule has 1 aromatic carbocycles. The van der Waals surface area contributed by atoms with E-state index in [9.17, 15) is 14.7 Å². The summed E-state index contributed by atoms with van der Waals surface area (Å²) in [7, 11) is 1.43. The van der Waals surface area contributed by atoms with Crippen molar-refractivity contribution in [3.8, 4) is 11.5 Å². The molecule has 1 heterocycles. The van der Waals surface area contributed by atoms with Crippen molar-refractivity contribution < 1.29 is 24.5 Å². The second kappa shape index (κ2) is 6.84. The van der Waals surface area contributed by atoms with Crippen LogP contribution in [-0.4, -0.2) is 45.0 Å². The van der Waals surface area contributed by atoms with Gasteiger partial charge in [-0.3, -0.25) is 14.5 Å². The zero-order valence-electron chi connectivity index (χ0n) is 11.2. The Balaban J connectivity index is 2.34. The number of carboxylic acids is 1. The number of thiocarbonyl (C=S) groups is 1. The smallest absolute Gasteiger partial charge is 0.323 e. The number of phenols is 1. The molecule has 9 heteroatoms. The minimum Gasteiger partial charge on any atom is -0.504 e. The molecule has 2 N–H and O–H groups in total. The highest BCUT2D eigenvalue weighted by molar-refractivity contribution is 14.1. The number of benzene rings is 1. The van der Waals surface area contributed by atoms with Gasteiger partial charge in [0.05, 0.1) is 15.6 Å². The number of thioether (sulfide) groups is 1. The van der Waals surface area contributed by atoms with E-state index in [-0.39, 0.29) is 10.1 Å². The number of rotatable bonds is 4. The van der Waals surface area contributed by atoms with E-state index in [1.165, 1.54) is 7.11 Å². The van der Waals surface area contributed by atoms with E-state index in [0.29, 0.717) is 19.8 Å². The summed E-state index contributed by atoms with van der Waals surface area (Å²) in [5.41, 5.74) is 0.648. The van der Waals surface area contributed by atoms with Gasteiger partial charge in [0.25, 0.3) is 5.91 Å². The first-order valence-electron chi connectivity index (χ1n) is 5.87. The van der Waals surface area contributed by atoms with Gasteiger partial charge in [-0.15, -0.1) is 0 Å². The Bertz CT molecular complexity index is 704. The topological polar surface area (TPSA) is 87.1 Å². The molecule has 0 aromatic heterocycles. The molecule has 0 radical (unpaired) electrons. The normalized spacial score (nSPS) is 16.5. The molecule has 1 aromatic rings. The summed E-state index contributed by atoms with van der Waals surface area (Å²) in [5, 5.41) is 18.6. The summed E-state index contributed by atoms with van der Waals surface area (Å²) in [6, 6.07) is 3.27. The molecule has 0 saturated carbocycles. The fourth-order valence-corrected chi connectivity index (χ4v) is 3.64. The predicted octanol–water partition coefficient (Wildman–Crippen LogP) is 2.29. The number of amides is 1. The monoisotopic (exact) mass is 451 g/mol. The van der Waals surface area contributed by atoms with Crippen LogP contribution in [0.1, 0.15) is 5.56 Å². The Labute approximate surface area is 149 Å². The van der Waals surface area contributed by atoms with Crippen molar-refractivity contribution in [2.24, 2.45) is 0 Å². The van der Waals surface area contributed by atoms with Crippen molar-refractivity contribution in [2.75, 3.05) is 13.7 Å². The summed E-state index contributed by atoms with van der Waals surface area (Å²) < 4.78 is 5.84. The molecular formula is C13H10INO5S2. The average molecular weight is 451 g/mol. The van der Waals surface area contributed by atoms with Crippen molar-refractivity contribution in [1.82, 2.24) is 4.90 Å². The molecule has 1 aliphatic heterocycles. The third-order valence-corrected chi connectivity index (χ3v) is 4.94. The van der Waals surface area contributed by atoms with Gasteiger partial charge in [0.1, 0.15) is 10.9 Å². The number of nitrogens with zero attached hydrogens (tertiary/aromatic N) is 1. The van der Waals surface area contributed by atoms with Crippen LogP contribution in [0.2, 0.25) is 0 Å². The number of ether oxygens (including phenoxy) is 1. The molecule has 6 nitrogen and oxygen atoms in total. The number of halogens is 1. The summed E-state index contributed by atoms with van der Waals surface area (Å²) in [5.74, 6) is -1.25. The molecule has 0 spiro atoms. The van der Waals surface area contributed by atoms with Gasteiger partial charge >= 0.3 is 5.97 Å². The molecule has 0 unspecified atom stereocenters. The van der Waals surface area contributed by atoms with Gasteiger partial charge in [-0.1, -0.05) is 24.0 Å². The average Bonchev–Trinajstić information content (AvgIpc) is 2.70.